The summed E-state index contributed by atoms with van der Waals surface area (Å²) >= 11 is 5.53. The molecule has 2 nitrogen and oxygen atoms in total. The third-order valence-corrected chi connectivity index (χ3v) is 6.91. The third-order valence-electron chi connectivity index (χ3n) is 4.96. The predicted octanol–water partition coefficient (Wildman–Crippen LogP) is 6.24. The van der Waals surface area contributed by atoms with E-state index in [1.807, 2.05) is 11.3 Å². The number of rotatable bonds is 0. The van der Waals surface area contributed by atoms with Crippen molar-refractivity contribution in [2.45, 2.75) is 32.1 Å². The minimum absolute atomic E-state index is 0.0202. The van der Waals surface area contributed by atoms with Gasteiger partial charge in [0, 0.05) is 16.7 Å². The van der Waals surface area contributed by atoms with E-state index in [4.69, 9.17) is 4.74 Å². The number of thiophene rings is 1. The van der Waals surface area contributed by atoms with Crippen LogP contribution in [0.25, 0.3) is 0 Å². The number of hydrogen-bond acceptors (Lipinski definition) is 3. The zero-order valence-corrected chi connectivity index (χ0v) is 15.4. The largest absolute Gasteiger partial charge is 0.457 e. The van der Waals surface area contributed by atoms with Gasteiger partial charge in [-0.3, -0.25) is 0 Å². The smallest absolute Gasteiger partial charge is 0.151 e. The number of allylic oxidation sites excluding steroid dienone is 3. The van der Waals surface area contributed by atoms with Crippen LogP contribution in [0.5, 0.6) is 5.75 Å². The molecule has 3 aliphatic rings. The van der Waals surface area contributed by atoms with Gasteiger partial charge in [0.15, 0.2) is 5.75 Å². The summed E-state index contributed by atoms with van der Waals surface area (Å²) in [6.07, 6.45) is 6.48. The van der Waals surface area contributed by atoms with Crippen molar-refractivity contribution in [1.29, 1.82) is 0 Å². The lowest BCUT2D eigenvalue weighted by Gasteiger charge is -2.44. The van der Waals surface area contributed by atoms with E-state index in [1.165, 1.54) is 31.3 Å². The molecule has 0 unspecified atom stereocenters. The maximum absolute atomic E-state index is 6.28. The molecule has 3 heterocycles. The Bertz CT molecular complexity index is 906. The number of anilines is 2. The Kier molecular flexibility index (Phi) is 2.73. The summed E-state index contributed by atoms with van der Waals surface area (Å²) in [7, 11) is 0. The van der Waals surface area contributed by atoms with E-state index >= 15 is 0 Å². The molecular weight excluding hydrogens is 370 g/mol. The van der Waals surface area contributed by atoms with Gasteiger partial charge in [0.25, 0.3) is 0 Å². The first-order valence-corrected chi connectivity index (χ1v) is 9.49. The van der Waals surface area contributed by atoms with Crippen LogP contribution in [0.4, 0.5) is 11.4 Å². The Morgan fingerprint density at radius 1 is 1.30 bits per heavy atom. The van der Waals surface area contributed by atoms with Crippen LogP contribution in [0.1, 0.15) is 37.1 Å². The predicted molar refractivity (Wildman–Crippen MR) is 98.8 cm³/mol. The molecule has 2 aliphatic heterocycles. The van der Waals surface area contributed by atoms with Crippen molar-refractivity contribution >= 4 is 38.6 Å². The van der Waals surface area contributed by atoms with Crippen LogP contribution < -0.4 is 9.64 Å². The number of fused-ring (bicyclic) bond motifs is 3. The maximum atomic E-state index is 6.28. The SMILES string of the molecule is CC1(C)c2cccc3c2N(C2=C(CCC=C2)O3)c2cc(Br)sc21. The van der Waals surface area contributed by atoms with Gasteiger partial charge in [0.05, 0.1) is 20.9 Å². The van der Waals surface area contributed by atoms with Crippen molar-refractivity contribution < 1.29 is 4.74 Å². The third kappa shape index (κ3) is 1.74. The minimum Gasteiger partial charge on any atom is -0.457 e. The number of hydrogen-bond donors (Lipinski definition) is 0. The summed E-state index contributed by atoms with van der Waals surface area (Å²) in [5, 5.41) is 0. The topological polar surface area (TPSA) is 12.5 Å². The van der Waals surface area contributed by atoms with E-state index in [2.05, 4.69) is 71.1 Å². The molecule has 5 rings (SSSR count). The lowest BCUT2D eigenvalue weighted by atomic mass is 9.77. The molecule has 0 fully saturated rings. The normalized spacial score (nSPS) is 19.9. The summed E-state index contributed by atoms with van der Waals surface area (Å²) in [6, 6.07) is 8.70. The average Bonchev–Trinajstić information content (AvgIpc) is 2.94. The lowest BCUT2D eigenvalue weighted by Crippen LogP contribution is -2.34. The van der Waals surface area contributed by atoms with E-state index in [1.54, 1.807) is 0 Å². The molecule has 0 bridgehead atoms. The first-order valence-electron chi connectivity index (χ1n) is 7.88. The molecular formula is C19H16BrNOS. The van der Waals surface area contributed by atoms with E-state index in [0.29, 0.717) is 0 Å². The number of halogens is 1. The Hall–Kier alpha value is -1.52. The lowest BCUT2D eigenvalue weighted by molar-refractivity contribution is 0.385. The van der Waals surface area contributed by atoms with Crippen LogP contribution in [0.3, 0.4) is 0 Å². The second-order valence-corrected chi connectivity index (χ2v) is 9.16. The van der Waals surface area contributed by atoms with Crippen LogP contribution >= 0.6 is 27.3 Å². The Morgan fingerprint density at radius 3 is 3.04 bits per heavy atom. The Labute approximate surface area is 148 Å². The Balaban J connectivity index is 1.88. The van der Waals surface area contributed by atoms with Gasteiger partial charge in [-0.2, -0.15) is 0 Å². The average molecular weight is 386 g/mol. The van der Waals surface area contributed by atoms with Gasteiger partial charge in [-0.1, -0.05) is 32.1 Å². The molecule has 0 saturated heterocycles. The molecule has 1 aliphatic carbocycles. The molecule has 0 N–H and O–H groups in total. The molecule has 0 amide bonds. The molecule has 0 radical (unpaired) electrons. The van der Waals surface area contributed by atoms with Crippen molar-refractivity contribution in [1.82, 2.24) is 0 Å². The second-order valence-electron chi connectivity index (χ2n) is 6.73. The highest BCUT2D eigenvalue weighted by atomic mass is 79.9. The molecule has 1 aromatic heterocycles. The Morgan fingerprint density at radius 2 is 2.17 bits per heavy atom. The van der Waals surface area contributed by atoms with E-state index in [0.717, 1.165) is 24.4 Å². The fourth-order valence-electron chi connectivity index (χ4n) is 3.86. The fraction of sp³-hybridized carbons (Fsp3) is 0.263. The molecule has 2 aromatic rings. The zero-order chi connectivity index (χ0) is 15.8. The van der Waals surface area contributed by atoms with Crippen molar-refractivity contribution in [3.05, 3.63) is 62.1 Å². The first-order chi connectivity index (χ1) is 11.1. The van der Waals surface area contributed by atoms with Gasteiger partial charge >= 0.3 is 0 Å². The zero-order valence-electron chi connectivity index (χ0n) is 13.0. The number of benzene rings is 1. The van der Waals surface area contributed by atoms with Gasteiger partial charge in [0.2, 0.25) is 0 Å². The summed E-state index contributed by atoms with van der Waals surface area (Å²) in [4.78, 5) is 3.81. The maximum Gasteiger partial charge on any atom is 0.151 e. The van der Waals surface area contributed by atoms with Gasteiger partial charge in [-0.05, 0) is 46.1 Å². The summed E-state index contributed by atoms with van der Waals surface area (Å²) < 4.78 is 7.46. The second kappa shape index (κ2) is 4.52. The number of nitrogens with zero attached hydrogens (tertiary/aromatic N) is 1. The van der Waals surface area contributed by atoms with Crippen molar-refractivity contribution in [3.63, 3.8) is 0 Å². The van der Waals surface area contributed by atoms with Gasteiger partial charge in [-0.25, -0.2) is 0 Å². The summed E-state index contributed by atoms with van der Waals surface area (Å²) in [5.74, 6) is 2.07. The quantitative estimate of drug-likeness (QED) is 0.531. The van der Waals surface area contributed by atoms with Gasteiger partial charge in [-0.15, -0.1) is 11.3 Å². The van der Waals surface area contributed by atoms with Gasteiger partial charge < -0.3 is 9.64 Å². The highest BCUT2D eigenvalue weighted by Crippen LogP contribution is 2.59. The van der Waals surface area contributed by atoms with Gasteiger partial charge in [0.1, 0.15) is 5.76 Å². The highest BCUT2D eigenvalue weighted by Gasteiger charge is 2.43. The van der Waals surface area contributed by atoms with Crippen molar-refractivity contribution in [3.8, 4) is 5.75 Å². The van der Waals surface area contributed by atoms with E-state index in [-0.39, 0.29) is 5.41 Å². The van der Waals surface area contributed by atoms with Crippen LogP contribution in [0.2, 0.25) is 0 Å². The fourth-order valence-corrected chi connectivity index (χ4v) is 5.55. The van der Waals surface area contributed by atoms with E-state index in [9.17, 15) is 0 Å². The molecule has 0 saturated carbocycles. The van der Waals surface area contributed by atoms with Crippen LogP contribution in [0, 0.1) is 0 Å². The van der Waals surface area contributed by atoms with E-state index < -0.39 is 0 Å². The molecule has 0 spiro atoms. The van der Waals surface area contributed by atoms with Crippen LogP contribution in [-0.2, 0) is 5.41 Å². The molecule has 116 valence electrons. The molecule has 4 heteroatoms. The standard InChI is InChI=1S/C19H16BrNOS/c1-19(2)11-6-5-9-15-17(11)21(13-10-16(20)23-18(13)19)12-7-3-4-8-14(12)22-15/h3,5-7,9-10H,4,8H2,1-2H3. The molecule has 23 heavy (non-hydrogen) atoms. The highest BCUT2D eigenvalue weighted by molar-refractivity contribution is 9.11. The monoisotopic (exact) mass is 385 g/mol. The van der Waals surface area contributed by atoms with Crippen LogP contribution in [-0.4, -0.2) is 0 Å². The first kappa shape index (κ1) is 13.9. The summed E-state index contributed by atoms with van der Waals surface area (Å²) in [6.45, 7) is 4.62. The molecule has 0 atom stereocenters. The summed E-state index contributed by atoms with van der Waals surface area (Å²) in [5.41, 5.74) is 5.00. The van der Waals surface area contributed by atoms with Crippen LogP contribution in [0.15, 0.2) is 51.7 Å². The minimum atomic E-state index is -0.0202. The number of ether oxygens (including phenoxy) is 1. The van der Waals surface area contributed by atoms with Crippen molar-refractivity contribution in [2.75, 3.05) is 4.90 Å². The molecule has 1 aromatic carbocycles. The number of para-hydroxylation sites is 1. The van der Waals surface area contributed by atoms with Crippen molar-refractivity contribution in [2.24, 2.45) is 0 Å².